The second-order valence-corrected chi connectivity index (χ2v) is 4.66. The summed E-state index contributed by atoms with van der Waals surface area (Å²) in [6, 6.07) is 7.19. The first-order valence-corrected chi connectivity index (χ1v) is 6.04. The topological polar surface area (TPSA) is 44.8 Å². The van der Waals surface area contributed by atoms with Crippen LogP contribution in [0.3, 0.4) is 0 Å². The normalized spacial score (nSPS) is 19.4. The lowest BCUT2D eigenvalue weighted by Gasteiger charge is -2.09. The fourth-order valence-corrected chi connectivity index (χ4v) is 1.72. The van der Waals surface area contributed by atoms with E-state index in [4.69, 9.17) is 14.2 Å². The highest BCUT2D eigenvalue weighted by molar-refractivity contribution is 14.1. The van der Waals surface area contributed by atoms with Crippen LogP contribution < -0.4 is 4.74 Å². The third-order valence-electron chi connectivity index (χ3n) is 2.17. The molecule has 1 fully saturated rings. The van der Waals surface area contributed by atoms with Crippen molar-refractivity contribution >= 4 is 28.7 Å². The Hall–Kier alpha value is -0.820. The molecule has 0 amide bonds. The maximum absolute atomic E-state index is 11.4. The lowest BCUT2D eigenvalue weighted by atomic mass is 10.3. The molecule has 1 atom stereocenters. The van der Waals surface area contributed by atoms with Gasteiger partial charge in [0.15, 0.2) is 0 Å². The summed E-state index contributed by atoms with van der Waals surface area (Å²) in [6.07, 6.45) is -0.102. The number of rotatable bonds is 2. The molecule has 1 aliphatic rings. The van der Waals surface area contributed by atoms with Crippen molar-refractivity contribution in [3.8, 4) is 5.75 Å². The van der Waals surface area contributed by atoms with Crippen molar-refractivity contribution in [2.75, 3.05) is 13.2 Å². The van der Waals surface area contributed by atoms with E-state index in [1.165, 1.54) is 0 Å². The predicted octanol–water partition coefficient (Wildman–Crippen LogP) is 2.60. The van der Waals surface area contributed by atoms with Crippen molar-refractivity contribution in [3.05, 3.63) is 27.8 Å². The van der Waals surface area contributed by atoms with Gasteiger partial charge in [-0.2, -0.15) is 0 Å². The molecule has 1 heterocycles. The van der Waals surface area contributed by atoms with Crippen molar-refractivity contribution in [2.45, 2.75) is 12.5 Å². The lowest BCUT2D eigenvalue weighted by Crippen LogP contribution is -2.20. The minimum absolute atomic E-state index is 0.170. The van der Waals surface area contributed by atoms with Crippen LogP contribution in [0.25, 0.3) is 0 Å². The molecule has 0 aromatic heterocycles. The molecule has 1 aromatic rings. The van der Waals surface area contributed by atoms with Gasteiger partial charge >= 0.3 is 6.16 Å². The van der Waals surface area contributed by atoms with E-state index >= 15 is 0 Å². The Morgan fingerprint density at radius 1 is 1.38 bits per heavy atom. The molecule has 1 aliphatic heterocycles. The van der Waals surface area contributed by atoms with Crippen molar-refractivity contribution in [1.82, 2.24) is 0 Å². The summed E-state index contributed by atoms with van der Waals surface area (Å²) in [6.45, 7) is 1.10. The van der Waals surface area contributed by atoms with Crippen LogP contribution in [0.5, 0.6) is 5.75 Å². The molecular formula is C11H11IO4. The average molecular weight is 334 g/mol. The van der Waals surface area contributed by atoms with Crippen LogP contribution in [0.15, 0.2) is 24.3 Å². The second-order valence-electron chi connectivity index (χ2n) is 3.41. The number of halogens is 1. The number of benzene rings is 1. The fraction of sp³-hybridized carbons (Fsp3) is 0.364. The van der Waals surface area contributed by atoms with Crippen LogP contribution in [0.1, 0.15) is 6.42 Å². The average Bonchev–Trinajstić information content (AvgIpc) is 2.74. The molecule has 2 rings (SSSR count). The number of carbonyl (C=O) groups excluding carboxylic acids is 1. The standard InChI is InChI=1S/C11H11IO4/c12-8-1-3-9(4-2-8)15-11(13)16-10-5-6-14-7-10/h1-4,10H,5-7H2. The van der Waals surface area contributed by atoms with Crippen molar-refractivity contribution < 1.29 is 19.0 Å². The molecular weight excluding hydrogens is 323 g/mol. The molecule has 0 saturated carbocycles. The summed E-state index contributed by atoms with van der Waals surface area (Å²) >= 11 is 2.18. The molecule has 5 heteroatoms. The molecule has 1 saturated heterocycles. The van der Waals surface area contributed by atoms with E-state index < -0.39 is 6.16 Å². The molecule has 86 valence electrons. The van der Waals surface area contributed by atoms with E-state index in [0.717, 1.165) is 9.99 Å². The molecule has 4 nitrogen and oxygen atoms in total. The Labute approximate surface area is 107 Å². The first-order valence-electron chi connectivity index (χ1n) is 4.96. The monoisotopic (exact) mass is 334 g/mol. The van der Waals surface area contributed by atoms with E-state index in [1.807, 2.05) is 12.1 Å². The van der Waals surface area contributed by atoms with Gasteiger partial charge < -0.3 is 14.2 Å². The van der Waals surface area contributed by atoms with Gasteiger partial charge in [0.1, 0.15) is 11.9 Å². The second kappa shape index (κ2) is 5.49. The Bertz CT molecular complexity index is 357. The van der Waals surface area contributed by atoms with E-state index in [-0.39, 0.29) is 6.10 Å². The molecule has 1 unspecified atom stereocenters. The molecule has 0 spiro atoms. The fourth-order valence-electron chi connectivity index (χ4n) is 1.36. The van der Waals surface area contributed by atoms with Gasteiger partial charge in [0.05, 0.1) is 13.2 Å². The van der Waals surface area contributed by atoms with Gasteiger partial charge in [0.25, 0.3) is 0 Å². The molecule has 16 heavy (non-hydrogen) atoms. The van der Waals surface area contributed by atoms with Crippen LogP contribution in [0.2, 0.25) is 0 Å². The van der Waals surface area contributed by atoms with Gasteiger partial charge in [-0.05, 0) is 46.9 Å². The number of ether oxygens (including phenoxy) is 3. The van der Waals surface area contributed by atoms with Crippen molar-refractivity contribution in [1.29, 1.82) is 0 Å². The van der Waals surface area contributed by atoms with E-state index in [9.17, 15) is 4.79 Å². The number of hydrogen-bond acceptors (Lipinski definition) is 4. The summed E-state index contributed by atoms with van der Waals surface area (Å²) < 4.78 is 16.2. The van der Waals surface area contributed by atoms with E-state index in [1.54, 1.807) is 12.1 Å². The largest absolute Gasteiger partial charge is 0.514 e. The van der Waals surface area contributed by atoms with Gasteiger partial charge in [0, 0.05) is 9.99 Å². The highest BCUT2D eigenvalue weighted by Gasteiger charge is 2.20. The SMILES string of the molecule is O=C(Oc1ccc(I)cc1)OC1CCOC1. The quantitative estimate of drug-likeness (QED) is 0.474. The summed E-state index contributed by atoms with van der Waals surface area (Å²) in [5.74, 6) is 0.490. The van der Waals surface area contributed by atoms with Crippen LogP contribution in [-0.4, -0.2) is 25.5 Å². The maximum Gasteiger partial charge on any atom is 0.514 e. The van der Waals surface area contributed by atoms with Crippen LogP contribution >= 0.6 is 22.6 Å². The van der Waals surface area contributed by atoms with Crippen molar-refractivity contribution in [3.63, 3.8) is 0 Å². The first kappa shape index (κ1) is 11.7. The van der Waals surface area contributed by atoms with Crippen molar-refractivity contribution in [2.24, 2.45) is 0 Å². The predicted molar refractivity (Wildman–Crippen MR) is 65.5 cm³/mol. The lowest BCUT2D eigenvalue weighted by molar-refractivity contribution is 0.0507. The first-order chi connectivity index (χ1) is 7.74. The number of carbonyl (C=O) groups is 1. The zero-order valence-corrected chi connectivity index (χ0v) is 10.7. The Kier molecular flexibility index (Phi) is 4.00. The zero-order valence-electron chi connectivity index (χ0n) is 8.52. The van der Waals surface area contributed by atoms with Crippen LogP contribution in [0.4, 0.5) is 4.79 Å². The highest BCUT2D eigenvalue weighted by atomic mass is 127. The van der Waals surface area contributed by atoms with Gasteiger partial charge in [-0.3, -0.25) is 0 Å². The molecule has 0 bridgehead atoms. The zero-order chi connectivity index (χ0) is 11.4. The minimum Gasteiger partial charge on any atom is -0.428 e. The van der Waals surface area contributed by atoms with Gasteiger partial charge in [-0.1, -0.05) is 0 Å². The molecule has 0 N–H and O–H groups in total. The van der Waals surface area contributed by atoms with E-state index in [2.05, 4.69) is 22.6 Å². The Balaban J connectivity index is 1.84. The summed E-state index contributed by atoms with van der Waals surface area (Å²) in [5.41, 5.74) is 0. The van der Waals surface area contributed by atoms with Gasteiger partial charge in [-0.15, -0.1) is 0 Å². The maximum atomic E-state index is 11.4. The van der Waals surface area contributed by atoms with E-state index in [0.29, 0.717) is 19.0 Å². The smallest absolute Gasteiger partial charge is 0.428 e. The summed E-state index contributed by atoms with van der Waals surface area (Å²) in [5, 5.41) is 0. The number of hydrogen-bond donors (Lipinski definition) is 0. The molecule has 0 aliphatic carbocycles. The third-order valence-corrected chi connectivity index (χ3v) is 2.88. The Morgan fingerprint density at radius 2 is 2.12 bits per heavy atom. The summed E-state index contributed by atoms with van der Waals surface area (Å²) in [4.78, 5) is 11.4. The van der Waals surface area contributed by atoms with Crippen LogP contribution in [0, 0.1) is 3.57 Å². The molecule has 0 radical (unpaired) electrons. The van der Waals surface area contributed by atoms with Gasteiger partial charge in [-0.25, -0.2) is 4.79 Å². The molecule has 1 aromatic carbocycles. The summed E-state index contributed by atoms with van der Waals surface area (Å²) in [7, 11) is 0. The van der Waals surface area contributed by atoms with Gasteiger partial charge in [0.2, 0.25) is 0 Å². The minimum atomic E-state index is -0.670. The van der Waals surface area contributed by atoms with Crippen LogP contribution in [-0.2, 0) is 9.47 Å². The third kappa shape index (κ3) is 3.34. The highest BCUT2D eigenvalue weighted by Crippen LogP contribution is 2.15. The Morgan fingerprint density at radius 3 is 2.75 bits per heavy atom.